The zero-order valence-electron chi connectivity index (χ0n) is 15.6. The third-order valence-corrected chi connectivity index (χ3v) is 3.97. The number of pyridine rings is 1. The van der Waals surface area contributed by atoms with E-state index in [1.165, 1.54) is 30.5 Å². The smallest absolute Gasteiger partial charge is 0.387 e. The minimum Gasteiger partial charge on any atom is -0.457 e. The molecule has 0 aliphatic carbocycles. The highest BCUT2D eigenvalue weighted by Crippen LogP contribution is 2.30. The molecule has 3 amide bonds. The third kappa shape index (κ3) is 6.28. The largest absolute Gasteiger partial charge is 0.457 e. The maximum atomic E-state index is 12.5. The van der Waals surface area contributed by atoms with Crippen LogP contribution >= 0.6 is 11.6 Å². The van der Waals surface area contributed by atoms with Crippen LogP contribution in [0.1, 0.15) is 10.5 Å². The van der Waals surface area contributed by atoms with Crippen molar-refractivity contribution in [2.75, 3.05) is 10.6 Å². The summed E-state index contributed by atoms with van der Waals surface area (Å²) in [4.78, 5) is 27.2. The van der Waals surface area contributed by atoms with Gasteiger partial charge in [0.2, 0.25) is 0 Å². The number of amides is 3. The number of halogens is 3. The second kappa shape index (κ2) is 9.72. The molecule has 3 aromatic rings. The lowest BCUT2D eigenvalue weighted by molar-refractivity contribution is -0.0493. The Hall–Kier alpha value is -3.92. The van der Waals surface area contributed by atoms with Crippen LogP contribution in [0.3, 0.4) is 0 Å². The summed E-state index contributed by atoms with van der Waals surface area (Å²) in [5.41, 5.74) is 5.62. The van der Waals surface area contributed by atoms with E-state index in [9.17, 15) is 18.4 Å². The van der Waals surface area contributed by atoms with E-state index in [0.29, 0.717) is 17.2 Å². The zero-order chi connectivity index (χ0) is 22.4. The molecule has 160 valence electrons. The first kappa shape index (κ1) is 21.8. The summed E-state index contributed by atoms with van der Waals surface area (Å²) in [6, 6.07) is 12.4. The summed E-state index contributed by atoms with van der Waals surface area (Å²) < 4.78 is 35.0. The average molecular weight is 449 g/mol. The SMILES string of the molecule is NC(=O)c1cc(Oc2ccc(NC(=O)Nc3cc(Cl)ccc3OC(F)F)cc2)ccn1. The van der Waals surface area contributed by atoms with Gasteiger partial charge in [0, 0.05) is 23.0 Å². The number of primary amides is 1. The van der Waals surface area contributed by atoms with E-state index in [0.717, 1.165) is 0 Å². The van der Waals surface area contributed by atoms with E-state index >= 15 is 0 Å². The van der Waals surface area contributed by atoms with Crippen LogP contribution in [0.4, 0.5) is 25.0 Å². The number of hydrogen-bond donors (Lipinski definition) is 3. The molecule has 0 radical (unpaired) electrons. The van der Waals surface area contributed by atoms with Gasteiger partial charge in [-0.1, -0.05) is 11.6 Å². The second-order valence-corrected chi connectivity index (χ2v) is 6.40. The first-order chi connectivity index (χ1) is 14.8. The fourth-order valence-electron chi connectivity index (χ4n) is 2.44. The van der Waals surface area contributed by atoms with Gasteiger partial charge in [0.1, 0.15) is 22.9 Å². The van der Waals surface area contributed by atoms with Crippen molar-refractivity contribution in [3.05, 3.63) is 71.5 Å². The number of aromatic nitrogens is 1. The number of nitrogens with one attached hydrogen (secondary N) is 2. The minimum absolute atomic E-state index is 0.0202. The molecule has 8 nitrogen and oxygen atoms in total. The maximum Gasteiger partial charge on any atom is 0.387 e. The van der Waals surface area contributed by atoms with Crippen LogP contribution in [0.5, 0.6) is 17.2 Å². The van der Waals surface area contributed by atoms with Crippen LogP contribution in [0.2, 0.25) is 5.02 Å². The number of carbonyl (C=O) groups excluding carboxylic acids is 2. The van der Waals surface area contributed by atoms with Crippen LogP contribution in [-0.4, -0.2) is 23.5 Å². The highest BCUT2D eigenvalue weighted by molar-refractivity contribution is 6.31. The normalized spacial score (nSPS) is 10.5. The number of carbonyl (C=O) groups is 2. The molecule has 0 bridgehead atoms. The molecule has 31 heavy (non-hydrogen) atoms. The Morgan fingerprint density at radius 1 is 1.00 bits per heavy atom. The highest BCUT2D eigenvalue weighted by atomic mass is 35.5. The van der Waals surface area contributed by atoms with Crippen LogP contribution in [0.25, 0.3) is 0 Å². The first-order valence-electron chi connectivity index (χ1n) is 8.66. The predicted octanol–water partition coefficient (Wildman–Crippen LogP) is 4.87. The van der Waals surface area contributed by atoms with Crippen molar-refractivity contribution in [2.24, 2.45) is 5.73 Å². The quantitative estimate of drug-likeness (QED) is 0.477. The number of hydrogen-bond acceptors (Lipinski definition) is 5. The summed E-state index contributed by atoms with van der Waals surface area (Å²) in [5, 5.41) is 5.17. The number of rotatable bonds is 7. The molecular weight excluding hydrogens is 434 g/mol. The Balaban J connectivity index is 1.64. The Bertz CT molecular complexity index is 1100. The molecule has 2 aromatic carbocycles. The molecule has 0 aliphatic heterocycles. The molecule has 11 heteroatoms. The number of anilines is 2. The molecule has 3 rings (SSSR count). The van der Waals surface area contributed by atoms with Crippen molar-refractivity contribution < 1.29 is 27.8 Å². The summed E-state index contributed by atoms with van der Waals surface area (Å²) in [6.45, 7) is -3.06. The van der Waals surface area contributed by atoms with E-state index in [4.69, 9.17) is 22.1 Å². The van der Waals surface area contributed by atoms with Gasteiger partial charge in [-0.3, -0.25) is 9.78 Å². The fraction of sp³-hybridized carbons (Fsp3) is 0.0500. The number of urea groups is 1. The maximum absolute atomic E-state index is 12.5. The van der Waals surface area contributed by atoms with Crippen molar-refractivity contribution in [1.29, 1.82) is 0 Å². The number of ether oxygens (including phenoxy) is 2. The number of nitrogens with two attached hydrogens (primary N) is 1. The molecule has 0 fully saturated rings. The van der Waals surface area contributed by atoms with Crippen LogP contribution < -0.4 is 25.8 Å². The van der Waals surface area contributed by atoms with Gasteiger partial charge in [0.25, 0.3) is 5.91 Å². The van der Waals surface area contributed by atoms with E-state index in [-0.39, 0.29) is 22.2 Å². The lowest BCUT2D eigenvalue weighted by Gasteiger charge is -2.13. The van der Waals surface area contributed by atoms with Gasteiger partial charge >= 0.3 is 12.6 Å². The van der Waals surface area contributed by atoms with Gasteiger partial charge in [0.05, 0.1) is 5.69 Å². The highest BCUT2D eigenvalue weighted by Gasteiger charge is 2.13. The molecule has 0 saturated heterocycles. The monoisotopic (exact) mass is 448 g/mol. The summed E-state index contributed by atoms with van der Waals surface area (Å²) in [6.07, 6.45) is 1.39. The second-order valence-electron chi connectivity index (χ2n) is 5.97. The Kier molecular flexibility index (Phi) is 6.83. The Morgan fingerprint density at radius 3 is 2.42 bits per heavy atom. The molecule has 1 heterocycles. The standard InChI is InChI=1S/C20H15ClF2N4O4/c21-11-1-6-17(31-19(22)23)15(9-11)27-20(29)26-12-2-4-13(5-3-12)30-14-7-8-25-16(10-14)18(24)28/h1-10,19H,(H2,24,28)(H2,26,27,29). The van der Waals surface area contributed by atoms with E-state index < -0.39 is 18.5 Å². The first-order valence-corrected chi connectivity index (χ1v) is 9.04. The minimum atomic E-state index is -3.06. The lowest BCUT2D eigenvalue weighted by Crippen LogP contribution is -2.20. The van der Waals surface area contributed by atoms with Crippen LogP contribution in [-0.2, 0) is 0 Å². The molecule has 0 aliphatic rings. The average Bonchev–Trinajstić information content (AvgIpc) is 2.71. The fourth-order valence-corrected chi connectivity index (χ4v) is 2.61. The Morgan fingerprint density at radius 2 is 1.74 bits per heavy atom. The van der Waals surface area contributed by atoms with Crippen molar-refractivity contribution in [2.45, 2.75) is 6.61 Å². The van der Waals surface area contributed by atoms with Gasteiger partial charge in [-0.2, -0.15) is 8.78 Å². The van der Waals surface area contributed by atoms with Crippen LogP contribution in [0, 0.1) is 0 Å². The molecule has 0 unspecified atom stereocenters. The number of alkyl halides is 2. The van der Waals surface area contributed by atoms with Gasteiger partial charge < -0.3 is 25.8 Å². The molecule has 1 aromatic heterocycles. The summed E-state index contributed by atoms with van der Waals surface area (Å²) in [5.74, 6) is -0.131. The number of nitrogens with zero attached hydrogens (tertiary/aromatic N) is 1. The van der Waals surface area contributed by atoms with Crippen molar-refractivity contribution >= 4 is 34.9 Å². The van der Waals surface area contributed by atoms with Crippen molar-refractivity contribution in [3.63, 3.8) is 0 Å². The van der Waals surface area contributed by atoms with E-state index in [1.807, 2.05) is 0 Å². The molecule has 0 saturated carbocycles. The molecule has 0 atom stereocenters. The number of benzene rings is 2. The predicted molar refractivity (Wildman–Crippen MR) is 110 cm³/mol. The van der Waals surface area contributed by atoms with Gasteiger partial charge in [0.15, 0.2) is 0 Å². The third-order valence-electron chi connectivity index (χ3n) is 3.74. The Labute approximate surface area is 179 Å². The van der Waals surface area contributed by atoms with Gasteiger partial charge in [-0.25, -0.2) is 4.79 Å². The van der Waals surface area contributed by atoms with E-state index in [1.54, 1.807) is 30.3 Å². The summed E-state index contributed by atoms with van der Waals surface area (Å²) >= 11 is 5.85. The van der Waals surface area contributed by atoms with Gasteiger partial charge in [-0.05, 0) is 48.5 Å². The van der Waals surface area contributed by atoms with Crippen LogP contribution in [0.15, 0.2) is 60.8 Å². The topological polar surface area (TPSA) is 116 Å². The molecule has 4 N–H and O–H groups in total. The van der Waals surface area contributed by atoms with Gasteiger partial charge in [-0.15, -0.1) is 0 Å². The van der Waals surface area contributed by atoms with Crippen molar-refractivity contribution in [3.8, 4) is 17.2 Å². The zero-order valence-corrected chi connectivity index (χ0v) is 16.4. The van der Waals surface area contributed by atoms with E-state index in [2.05, 4.69) is 20.4 Å². The van der Waals surface area contributed by atoms with Crippen molar-refractivity contribution in [1.82, 2.24) is 4.98 Å². The molecule has 0 spiro atoms. The molecular formula is C20H15ClF2N4O4. The lowest BCUT2D eigenvalue weighted by atomic mass is 10.3. The summed E-state index contributed by atoms with van der Waals surface area (Å²) in [7, 11) is 0.